The SMILES string of the molecule is CCOc1cncc(-c2cc(CN3CCN(c4ccc(C(=O)NS(=O)(=O)CCC(F)(F)F)cc4)CC3)cc(OC(F)(F)F)c2)c1. The number of carbonyl (C=O) groups is 1. The van der Waals surface area contributed by atoms with Gasteiger partial charge in [0.05, 0.1) is 25.0 Å². The normalized spacial score (nSPS) is 14.7. The Hall–Kier alpha value is -4.05. The summed E-state index contributed by atoms with van der Waals surface area (Å²) in [6.45, 7) is 4.75. The summed E-state index contributed by atoms with van der Waals surface area (Å²) in [4.78, 5) is 20.5. The topological polar surface area (TPSA) is 101 Å². The first-order valence-corrected chi connectivity index (χ1v) is 15.4. The van der Waals surface area contributed by atoms with E-state index in [-0.39, 0.29) is 11.3 Å². The van der Waals surface area contributed by atoms with Crippen LogP contribution in [0.5, 0.6) is 11.5 Å². The zero-order chi connectivity index (χ0) is 32.8. The van der Waals surface area contributed by atoms with Crippen molar-refractivity contribution in [1.29, 1.82) is 0 Å². The van der Waals surface area contributed by atoms with Gasteiger partial charge in [-0.2, -0.15) is 13.2 Å². The number of hydrogen-bond donors (Lipinski definition) is 1. The van der Waals surface area contributed by atoms with Crippen LogP contribution in [-0.4, -0.2) is 75.3 Å². The molecular weight excluding hydrogens is 630 g/mol. The van der Waals surface area contributed by atoms with Crippen molar-refractivity contribution in [3.8, 4) is 22.6 Å². The van der Waals surface area contributed by atoms with E-state index in [4.69, 9.17) is 4.74 Å². The van der Waals surface area contributed by atoms with Gasteiger partial charge in [0, 0.05) is 55.7 Å². The van der Waals surface area contributed by atoms with Crippen molar-refractivity contribution < 1.29 is 49.0 Å². The molecule has 0 atom stereocenters. The maximum Gasteiger partial charge on any atom is 0.573 e. The van der Waals surface area contributed by atoms with Gasteiger partial charge in [-0.05, 0) is 66.6 Å². The third-order valence-electron chi connectivity index (χ3n) is 6.73. The molecule has 3 aromatic rings. The molecule has 1 aromatic heterocycles. The van der Waals surface area contributed by atoms with E-state index in [0.29, 0.717) is 61.8 Å². The van der Waals surface area contributed by atoms with E-state index in [1.165, 1.54) is 36.7 Å². The van der Waals surface area contributed by atoms with Crippen molar-refractivity contribution in [1.82, 2.24) is 14.6 Å². The molecule has 4 rings (SSSR count). The Bertz CT molecular complexity index is 1580. The van der Waals surface area contributed by atoms with E-state index in [1.807, 2.05) is 4.90 Å². The summed E-state index contributed by atoms with van der Waals surface area (Å²) in [5.74, 6) is -2.17. The highest BCUT2D eigenvalue weighted by atomic mass is 32.2. The van der Waals surface area contributed by atoms with Gasteiger partial charge in [0.25, 0.3) is 5.91 Å². The van der Waals surface area contributed by atoms with Crippen molar-refractivity contribution in [2.45, 2.75) is 32.4 Å². The molecule has 1 aliphatic rings. The molecule has 1 amide bonds. The summed E-state index contributed by atoms with van der Waals surface area (Å²) in [7, 11) is -4.47. The zero-order valence-electron chi connectivity index (χ0n) is 24.0. The van der Waals surface area contributed by atoms with Crippen molar-refractivity contribution in [3.05, 3.63) is 72.1 Å². The first-order valence-electron chi connectivity index (χ1n) is 13.8. The third-order valence-corrected chi connectivity index (χ3v) is 7.97. The van der Waals surface area contributed by atoms with E-state index < -0.39 is 40.6 Å². The smallest absolute Gasteiger partial charge is 0.492 e. The number of amides is 1. The van der Waals surface area contributed by atoms with E-state index >= 15 is 0 Å². The van der Waals surface area contributed by atoms with E-state index in [0.717, 1.165) is 5.69 Å². The predicted octanol–water partition coefficient (Wildman–Crippen LogP) is 5.38. The van der Waals surface area contributed by atoms with Crippen LogP contribution >= 0.6 is 0 Å². The number of alkyl halides is 6. The number of nitrogens with one attached hydrogen (secondary N) is 1. The number of pyridine rings is 1. The number of nitrogens with zero attached hydrogens (tertiary/aromatic N) is 3. The Balaban J connectivity index is 1.39. The molecule has 45 heavy (non-hydrogen) atoms. The predicted molar refractivity (Wildman–Crippen MR) is 153 cm³/mol. The summed E-state index contributed by atoms with van der Waals surface area (Å²) < 4.78 is 111. The van der Waals surface area contributed by atoms with Crippen molar-refractivity contribution in [3.63, 3.8) is 0 Å². The van der Waals surface area contributed by atoms with Gasteiger partial charge in [-0.1, -0.05) is 0 Å². The molecule has 1 aliphatic heterocycles. The Morgan fingerprint density at radius 2 is 1.58 bits per heavy atom. The number of halogens is 6. The van der Waals surface area contributed by atoms with Crippen LogP contribution in [0.4, 0.5) is 32.0 Å². The fourth-order valence-electron chi connectivity index (χ4n) is 4.68. The minimum Gasteiger partial charge on any atom is -0.492 e. The number of piperazine rings is 1. The molecule has 1 N–H and O–H groups in total. The monoisotopic (exact) mass is 660 g/mol. The number of rotatable bonds is 11. The van der Waals surface area contributed by atoms with E-state index in [2.05, 4.69) is 14.6 Å². The van der Waals surface area contributed by atoms with Gasteiger partial charge in [0.2, 0.25) is 10.0 Å². The molecule has 9 nitrogen and oxygen atoms in total. The molecule has 0 spiro atoms. The number of sulfonamides is 1. The molecule has 1 saturated heterocycles. The number of ether oxygens (including phenoxy) is 2. The summed E-state index contributed by atoms with van der Waals surface area (Å²) in [5, 5.41) is 0. The lowest BCUT2D eigenvalue weighted by molar-refractivity contribution is -0.274. The highest BCUT2D eigenvalue weighted by Crippen LogP contribution is 2.32. The van der Waals surface area contributed by atoms with Gasteiger partial charge in [-0.25, -0.2) is 13.1 Å². The molecule has 2 heterocycles. The number of aromatic nitrogens is 1. The minimum absolute atomic E-state index is 0.0354. The van der Waals surface area contributed by atoms with Gasteiger partial charge < -0.3 is 14.4 Å². The minimum atomic E-state index is -4.87. The molecule has 0 bridgehead atoms. The fourth-order valence-corrected chi connectivity index (χ4v) is 5.68. The van der Waals surface area contributed by atoms with Gasteiger partial charge in [0.1, 0.15) is 11.5 Å². The molecule has 0 unspecified atom stereocenters. The lowest BCUT2D eigenvalue weighted by Crippen LogP contribution is -2.46. The molecule has 2 aromatic carbocycles. The standard InChI is InChI=1S/C29H30F6N4O5S/c1-2-43-26-16-23(17-36-18-26)22-13-20(14-25(15-22)44-29(33,34)35)19-38-8-10-39(11-9-38)24-5-3-21(4-6-24)27(40)37-45(41,42)12-7-28(30,31)32/h3-6,13-18H,2,7-12,19H2,1H3,(H,37,40). The lowest BCUT2D eigenvalue weighted by Gasteiger charge is -2.36. The van der Waals surface area contributed by atoms with E-state index in [9.17, 15) is 39.6 Å². The molecule has 0 saturated carbocycles. The Morgan fingerprint density at radius 3 is 2.20 bits per heavy atom. The van der Waals surface area contributed by atoms with E-state index in [1.54, 1.807) is 35.9 Å². The second-order valence-corrected chi connectivity index (χ2v) is 12.0. The van der Waals surface area contributed by atoms with Gasteiger partial charge >= 0.3 is 12.5 Å². The first-order chi connectivity index (χ1) is 21.1. The van der Waals surface area contributed by atoms with Crippen molar-refractivity contribution in [2.24, 2.45) is 0 Å². The van der Waals surface area contributed by atoms with Crippen molar-refractivity contribution in [2.75, 3.05) is 43.4 Å². The second kappa shape index (κ2) is 13.9. The third kappa shape index (κ3) is 10.5. The number of anilines is 1. The largest absolute Gasteiger partial charge is 0.573 e. The van der Waals surface area contributed by atoms with Gasteiger partial charge in [-0.15, -0.1) is 13.2 Å². The number of carbonyl (C=O) groups excluding carboxylic acids is 1. The molecule has 0 aliphatic carbocycles. The molecule has 0 radical (unpaired) electrons. The first kappa shape index (κ1) is 33.8. The molecular formula is C29H30F6N4O5S. The Kier molecular flexibility index (Phi) is 10.5. The molecule has 1 fully saturated rings. The zero-order valence-corrected chi connectivity index (χ0v) is 24.8. The maximum absolute atomic E-state index is 13.1. The number of hydrogen-bond acceptors (Lipinski definition) is 8. The Morgan fingerprint density at radius 1 is 0.911 bits per heavy atom. The van der Waals surface area contributed by atoms with Crippen LogP contribution in [0.15, 0.2) is 60.9 Å². The maximum atomic E-state index is 13.1. The molecule has 16 heteroatoms. The van der Waals surface area contributed by atoms with Crippen LogP contribution in [0, 0.1) is 0 Å². The molecule has 244 valence electrons. The highest BCUT2D eigenvalue weighted by molar-refractivity contribution is 7.90. The Labute approximate surface area is 255 Å². The summed E-state index contributed by atoms with van der Waals surface area (Å²) in [6, 6.07) is 12.0. The van der Waals surface area contributed by atoms with Crippen LogP contribution in [0.3, 0.4) is 0 Å². The van der Waals surface area contributed by atoms with Crippen LogP contribution in [0.25, 0.3) is 11.1 Å². The number of benzene rings is 2. The van der Waals surface area contributed by atoms with Gasteiger partial charge in [-0.3, -0.25) is 14.7 Å². The van der Waals surface area contributed by atoms with Crippen LogP contribution < -0.4 is 19.1 Å². The highest BCUT2D eigenvalue weighted by Gasteiger charge is 2.32. The summed E-state index contributed by atoms with van der Waals surface area (Å²) >= 11 is 0. The average Bonchev–Trinajstić information content (AvgIpc) is 2.95. The van der Waals surface area contributed by atoms with Gasteiger partial charge in [0.15, 0.2) is 0 Å². The fraction of sp³-hybridized carbons (Fsp3) is 0.379. The summed E-state index contributed by atoms with van der Waals surface area (Å²) in [5.41, 5.74) is 2.34. The summed E-state index contributed by atoms with van der Waals surface area (Å²) in [6.07, 6.45) is -8.08. The second-order valence-electron chi connectivity index (χ2n) is 10.2. The van der Waals surface area contributed by atoms with Crippen molar-refractivity contribution >= 4 is 21.6 Å². The van der Waals surface area contributed by atoms with Crippen LogP contribution in [0.1, 0.15) is 29.3 Å². The van der Waals surface area contributed by atoms with Crippen LogP contribution in [0.2, 0.25) is 0 Å². The average molecular weight is 661 g/mol. The lowest BCUT2D eigenvalue weighted by atomic mass is 10.0. The quantitative estimate of drug-likeness (QED) is 0.274. The van der Waals surface area contributed by atoms with Crippen LogP contribution in [-0.2, 0) is 16.6 Å².